The minimum atomic E-state index is -1.99. The second kappa shape index (κ2) is 15.2. The summed E-state index contributed by atoms with van der Waals surface area (Å²) < 4.78 is 122. The standard InChI is InChI=1S/C38H18F8O4/c39-29-17-31(41)35(45)33(43)27(29)19-49-37(47)25-16-24(14-12-22-9-5-2-6-10-22)26(15-23(25)13-11-21-7-3-1-4-8-21)38(48)50-20-28-30(40)18-32(42)36(46)34(28)44/h1-10,15-18H,19-20H2. The molecule has 0 radical (unpaired) electrons. The van der Waals surface area contributed by atoms with Crippen LogP contribution in [0.1, 0.15) is 54.1 Å². The minimum Gasteiger partial charge on any atom is -0.457 e. The van der Waals surface area contributed by atoms with Gasteiger partial charge < -0.3 is 9.47 Å². The molecule has 0 bridgehead atoms. The molecule has 0 aliphatic carbocycles. The molecule has 50 heavy (non-hydrogen) atoms. The van der Waals surface area contributed by atoms with E-state index in [4.69, 9.17) is 9.47 Å². The summed E-state index contributed by atoms with van der Waals surface area (Å²) in [5, 5.41) is 0. The van der Waals surface area contributed by atoms with Crippen LogP contribution in [0.25, 0.3) is 0 Å². The van der Waals surface area contributed by atoms with Crippen molar-refractivity contribution in [2.75, 3.05) is 0 Å². The Morgan fingerprint density at radius 2 is 0.820 bits per heavy atom. The molecule has 0 saturated heterocycles. The normalized spacial score (nSPS) is 10.4. The van der Waals surface area contributed by atoms with E-state index in [2.05, 4.69) is 23.7 Å². The highest BCUT2D eigenvalue weighted by Gasteiger charge is 2.25. The first kappa shape index (κ1) is 34.9. The lowest BCUT2D eigenvalue weighted by atomic mass is 9.97. The van der Waals surface area contributed by atoms with Gasteiger partial charge in [0.25, 0.3) is 0 Å². The monoisotopic (exact) mass is 690 g/mol. The van der Waals surface area contributed by atoms with Gasteiger partial charge in [-0.15, -0.1) is 0 Å². The van der Waals surface area contributed by atoms with E-state index in [0.29, 0.717) is 11.1 Å². The molecular weight excluding hydrogens is 672 g/mol. The van der Waals surface area contributed by atoms with Crippen LogP contribution in [0.4, 0.5) is 35.1 Å². The lowest BCUT2D eigenvalue weighted by Gasteiger charge is -2.13. The number of benzene rings is 5. The average molecular weight is 691 g/mol. The Morgan fingerprint density at radius 1 is 0.460 bits per heavy atom. The summed E-state index contributed by atoms with van der Waals surface area (Å²) in [6.07, 6.45) is 0. The van der Waals surface area contributed by atoms with E-state index in [1.54, 1.807) is 60.7 Å². The van der Waals surface area contributed by atoms with Gasteiger partial charge in [-0.3, -0.25) is 0 Å². The molecule has 5 aromatic carbocycles. The zero-order valence-electron chi connectivity index (χ0n) is 25.2. The average Bonchev–Trinajstić information content (AvgIpc) is 3.11. The van der Waals surface area contributed by atoms with E-state index in [1.807, 2.05) is 0 Å². The van der Waals surface area contributed by atoms with E-state index in [9.17, 15) is 44.7 Å². The summed E-state index contributed by atoms with van der Waals surface area (Å²) in [7, 11) is 0. The van der Waals surface area contributed by atoms with E-state index in [-0.39, 0.29) is 23.3 Å². The number of hydrogen-bond acceptors (Lipinski definition) is 4. The lowest BCUT2D eigenvalue weighted by Crippen LogP contribution is -2.14. The Kier molecular flexibility index (Phi) is 10.6. The van der Waals surface area contributed by atoms with Gasteiger partial charge in [0, 0.05) is 34.4 Å². The first-order valence-electron chi connectivity index (χ1n) is 14.2. The quantitative estimate of drug-likeness (QED) is 0.0592. The molecule has 0 atom stereocenters. The van der Waals surface area contributed by atoms with Gasteiger partial charge in [-0.1, -0.05) is 60.1 Å². The van der Waals surface area contributed by atoms with Crippen molar-refractivity contribution in [3.05, 3.63) is 176 Å². The molecule has 5 aromatic rings. The van der Waals surface area contributed by atoms with Crippen molar-refractivity contribution in [1.29, 1.82) is 0 Å². The third-order valence-electron chi connectivity index (χ3n) is 6.94. The van der Waals surface area contributed by atoms with Gasteiger partial charge in [-0.25, -0.2) is 44.7 Å². The lowest BCUT2D eigenvalue weighted by molar-refractivity contribution is 0.0448. The topological polar surface area (TPSA) is 52.6 Å². The molecule has 0 N–H and O–H groups in total. The molecule has 0 saturated carbocycles. The molecule has 0 aliphatic rings. The Bertz CT molecular complexity index is 2090. The Balaban J connectivity index is 1.59. The predicted octanol–water partition coefficient (Wildman–Crippen LogP) is 8.31. The van der Waals surface area contributed by atoms with Crippen LogP contribution in [0, 0.1) is 70.2 Å². The van der Waals surface area contributed by atoms with Gasteiger partial charge in [0.2, 0.25) is 0 Å². The highest BCUT2D eigenvalue weighted by atomic mass is 19.2. The first-order chi connectivity index (χ1) is 23.9. The molecule has 0 amide bonds. The van der Waals surface area contributed by atoms with E-state index >= 15 is 0 Å². The van der Waals surface area contributed by atoms with E-state index in [1.165, 1.54) is 0 Å². The number of halogens is 8. The SMILES string of the molecule is O=C(OCc1c(F)cc(F)c(F)c1F)c1cc(C#Cc2ccccc2)c(C(=O)OCc2c(F)cc(F)c(F)c2F)cc1C#Cc1ccccc1. The molecule has 0 unspecified atom stereocenters. The van der Waals surface area contributed by atoms with E-state index in [0.717, 1.165) is 12.1 Å². The maximum absolute atomic E-state index is 14.3. The van der Waals surface area contributed by atoms with Gasteiger partial charge >= 0.3 is 11.9 Å². The summed E-state index contributed by atoms with van der Waals surface area (Å²) in [4.78, 5) is 26.7. The molecule has 5 rings (SSSR count). The van der Waals surface area contributed by atoms with Crippen LogP contribution < -0.4 is 0 Å². The fourth-order valence-corrected chi connectivity index (χ4v) is 4.37. The fourth-order valence-electron chi connectivity index (χ4n) is 4.37. The summed E-state index contributed by atoms with van der Waals surface area (Å²) in [5.74, 6) is -6.16. The third-order valence-corrected chi connectivity index (χ3v) is 6.94. The molecule has 0 aliphatic heterocycles. The van der Waals surface area contributed by atoms with Crippen molar-refractivity contribution in [2.45, 2.75) is 13.2 Å². The molecule has 250 valence electrons. The van der Waals surface area contributed by atoms with Crippen LogP contribution in [0.15, 0.2) is 84.9 Å². The molecule has 4 nitrogen and oxygen atoms in total. The van der Waals surface area contributed by atoms with Crippen molar-refractivity contribution >= 4 is 11.9 Å². The Morgan fingerprint density at radius 3 is 1.18 bits per heavy atom. The predicted molar refractivity (Wildman–Crippen MR) is 162 cm³/mol. The minimum absolute atomic E-state index is 0.0775. The van der Waals surface area contributed by atoms with Crippen LogP contribution in [-0.4, -0.2) is 11.9 Å². The first-order valence-corrected chi connectivity index (χ1v) is 14.2. The zero-order valence-corrected chi connectivity index (χ0v) is 25.2. The van der Waals surface area contributed by atoms with Gasteiger partial charge in [0.15, 0.2) is 34.9 Å². The summed E-state index contributed by atoms with van der Waals surface area (Å²) in [5.41, 5.74) is -2.55. The summed E-state index contributed by atoms with van der Waals surface area (Å²) >= 11 is 0. The summed E-state index contributed by atoms with van der Waals surface area (Å²) in [6.45, 7) is -2.36. The number of rotatable bonds is 6. The molecule has 12 heteroatoms. The van der Waals surface area contributed by atoms with Gasteiger partial charge in [-0.2, -0.15) is 0 Å². The van der Waals surface area contributed by atoms with Crippen LogP contribution >= 0.6 is 0 Å². The maximum atomic E-state index is 14.3. The number of carbonyl (C=O) groups is 2. The van der Waals surface area contributed by atoms with E-state index < -0.39 is 93.9 Å². The van der Waals surface area contributed by atoms with Crippen molar-refractivity contribution in [3.8, 4) is 23.7 Å². The third kappa shape index (κ3) is 7.83. The maximum Gasteiger partial charge on any atom is 0.339 e. The molecule has 0 fully saturated rings. The molecule has 0 heterocycles. The zero-order chi connectivity index (χ0) is 35.9. The summed E-state index contributed by atoms with van der Waals surface area (Å²) in [6, 6.07) is 18.7. The number of ether oxygens (including phenoxy) is 2. The van der Waals surface area contributed by atoms with Gasteiger partial charge in [0.05, 0.1) is 22.3 Å². The highest BCUT2D eigenvalue weighted by Crippen LogP contribution is 2.25. The fraction of sp³-hybridized carbons (Fsp3) is 0.0526. The molecule has 0 aromatic heterocycles. The number of carbonyl (C=O) groups excluding carboxylic acids is 2. The number of hydrogen-bond donors (Lipinski definition) is 0. The highest BCUT2D eigenvalue weighted by molar-refractivity contribution is 5.98. The number of esters is 2. The van der Waals surface area contributed by atoms with Crippen molar-refractivity contribution in [2.24, 2.45) is 0 Å². The second-order valence-electron chi connectivity index (χ2n) is 10.2. The molecular formula is C38H18F8O4. The Hall–Kier alpha value is -6.40. The van der Waals surface area contributed by atoms with Crippen LogP contribution in [0.2, 0.25) is 0 Å². The van der Waals surface area contributed by atoms with Crippen molar-refractivity contribution in [1.82, 2.24) is 0 Å². The van der Waals surface area contributed by atoms with Crippen LogP contribution in [-0.2, 0) is 22.7 Å². The molecule has 0 spiro atoms. The van der Waals surface area contributed by atoms with Gasteiger partial charge in [-0.05, 0) is 36.4 Å². The smallest absolute Gasteiger partial charge is 0.339 e. The second-order valence-corrected chi connectivity index (χ2v) is 10.2. The Labute approximate surface area is 278 Å². The van der Waals surface area contributed by atoms with Crippen LogP contribution in [0.5, 0.6) is 0 Å². The van der Waals surface area contributed by atoms with Gasteiger partial charge in [0.1, 0.15) is 24.8 Å². The largest absolute Gasteiger partial charge is 0.457 e. The van der Waals surface area contributed by atoms with Crippen molar-refractivity contribution < 1.29 is 54.2 Å². The van der Waals surface area contributed by atoms with Crippen molar-refractivity contribution in [3.63, 3.8) is 0 Å². The van der Waals surface area contributed by atoms with Crippen LogP contribution in [0.3, 0.4) is 0 Å².